The highest BCUT2D eigenvalue weighted by Crippen LogP contribution is 2.41. The Kier molecular flexibility index (Phi) is 10.4. The molecule has 2 aromatic carbocycles. The number of hydrogen-bond donors (Lipinski definition) is 2. The maximum absolute atomic E-state index is 14.2. The molecule has 0 bridgehead atoms. The first-order valence-electron chi connectivity index (χ1n) is 14.6. The van der Waals surface area contributed by atoms with Gasteiger partial charge in [0.05, 0.1) is 22.9 Å². The minimum atomic E-state index is -3.03. The Hall–Kier alpha value is -5.13. The lowest BCUT2D eigenvalue weighted by molar-refractivity contribution is 0.0566. The number of halogens is 7. The zero-order chi connectivity index (χ0) is 35.5. The van der Waals surface area contributed by atoms with E-state index in [4.69, 9.17) is 22.1 Å². The highest BCUT2D eigenvalue weighted by atomic mass is 35.5. The predicted octanol–water partition coefficient (Wildman–Crippen LogP) is 6.16. The van der Waals surface area contributed by atoms with Gasteiger partial charge in [-0.2, -0.15) is 19.0 Å². The molecule has 1 saturated carbocycles. The van der Waals surface area contributed by atoms with Gasteiger partial charge in [0.1, 0.15) is 18.5 Å². The van der Waals surface area contributed by atoms with Crippen molar-refractivity contribution in [2.75, 3.05) is 13.2 Å². The van der Waals surface area contributed by atoms with E-state index in [2.05, 4.69) is 25.5 Å². The molecule has 0 radical (unpaired) electrons. The number of aromatic nitrogens is 5. The zero-order valence-electron chi connectivity index (χ0n) is 25.5. The number of amides is 2. The quantitative estimate of drug-likeness (QED) is 0.102. The minimum Gasteiger partial charge on any atom is -0.447 e. The molecule has 0 spiro atoms. The molecule has 260 valence electrons. The number of rotatable bonds is 12. The second-order valence-corrected chi connectivity index (χ2v) is 11.2. The molecule has 3 N–H and O–H groups in total. The zero-order valence-corrected chi connectivity index (χ0v) is 26.2. The summed E-state index contributed by atoms with van der Waals surface area (Å²) < 4.78 is 87.2. The van der Waals surface area contributed by atoms with Gasteiger partial charge in [-0.25, -0.2) is 36.7 Å². The van der Waals surface area contributed by atoms with Gasteiger partial charge in [-0.1, -0.05) is 29.8 Å². The van der Waals surface area contributed by atoms with Crippen LogP contribution >= 0.6 is 11.6 Å². The van der Waals surface area contributed by atoms with E-state index in [9.17, 15) is 35.9 Å². The van der Waals surface area contributed by atoms with E-state index < -0.39 is 55.4 Å². The number of hydrogen-bond acceptors (Lipinski definition) is 7. The van der Waals surface area contributed by atoms with Crippen LogP contribution in [0.1, 0.15) is 60.5 Å². The normalized spacial score (nSPS) is 14.7. The number of nitrogens with zero attached hydrogens (tertiary/aromatic N) is 7. The standard InChI is InChI=1S/C30H28ClF6N9O3/c1-2-39-28(38)45(25(47)17-5-3-16(4-6-17)19-12-41-44(13-19)27(36)37)22(14-49-29(48)43-30(9-10-30)26(34)35)18-7-8-20(31)21(11-18)46-24(23(32)33)40-15-42-46/h3-8,11-13,15,22-23,26-27H,2,9-10,14H2,1H3,(H2,38,39)(H,43,48)/t22-/m1/s1. The number of ether oxygens (including phenoxy) is 1. The van der Waals surface area contributed by atoms with Gasteiger partial charge in [0.25, 0.3) is 18.8 Å². The van der Waals surface area contributed by atoms with Gasteiger partial charge in [0.2, 0.25) is 0 Å². The van der Waals surface area contributed by atoms with Crippen molar-refractivity contribution < 1.29 is 40.7 Å². The molecule has 1 fully saturated rings. The Labute approximate surface area is 279 Å². The molecule has 0 unspecified atom stereocenters. The lowest BCUT2D eigenvalue weighted by Gasteiger charge is -2.31. The fourth-order valence-electron chi connectivity index (χ4n) is 4.91. The van der Waals surface area contributed by atoms with Crippen LogP contribution < -0.4 is 11.1 Å². The summed E-state index contributed by atoms with van der Waals surface area (Å²) in [6.45, 7) is -1.77. The number of nitrogens with one attached hydrogen (secondary N) is 1. The Morgan fingerprint density at radius 3 is 2.39 bits per heavy atom. The molecule has 2 aromatic heterocycles. The number of guanidine groups is 1. The molecule has 4 aromatic rings. The van der Waals surface area contributed by atoms with Gasteiger partial charge in [-0.3, -0.25) is 14.7 Å². The third-order valence-corrected chi connectivity index (χ3v) is 7.97. The van der Waals surface area contributed by atoms with Crippen molar-refractivity contribution in [3.05, 3.63) is 83.2 Å². The highest BCUT2D eigenvalue weighted by Gasteiger charge is 2.53. The van der Waals surface area contributed by atoms with Crippen molar-refractivity contribution in [2.24, 2.45) is 10.7 Å². The average Bonchev–Trinajstić information content (AvgIpc) is 3.44. The maximum Gasteiger partial charge on any atom is 0.407 e. The fourth-order valence-corrected chi connectivity index (χ4v) is 5.11. The first kappa shape index (κ1) is 35.2. The number of carbonyl (C=O) groups excluding carboxylic acids is 2. The minimum absolute atomic E-state index is 0.0278. The van der Waals surface area contributed by atoms with Gasteiger partial charge in [-0.05, 0) is 55.2 Å². The second kappa shape index (κ2) is 14.6. The molecule has 49 heavy (non-hydrogen) atoms. The molecule has 1 atom stereocenters. The highest BCUT2D eigenvalue weighted by molar-refractivity contribution is 6.32. The van der Waals surface area contributed by atoms with E-state index in [1.165, 1.54) is 48.7 Å². The van der Waals surface area contributed by atoms with E-state index >= 15 is 0 Å². The van der Waals surface area contributed by atoms with E-state index in [-0.39, 0.29) is 47.2 Å². The summed E-state index contributed by atoms with van der Waals surface area (Å²) in [5.74, 6) is -1.83. The van der Waals surface area contributed by atoms with E-state index in [0.29, 0.717) is 15.8 Å². The molecule has 0 aliphatic heterocycles. The van der Waals surface area contributed by atoms with Gasteiger partial charge >= 0.3 is 12.6 Å². The summed E-state index contributed by atoms with van der Waals surface area (Å²) in [5, 5.41) is 9.58. The summed E-state index contributed by atoms with van der Waals surface area (Å²) in [5.41, 5.74) is 5.50. The van der Waals surface area contributed by atoms with Crippen molar-refractivity contribution in [1.82, 2.24) is 34.8 Å². The Morgan fingerprint density at radius 2 is 1.80 bits per heavy atom. The van der Waals surface area contributed by atoms with Gasteiger partial charge in [0.15, 0.2) is 11.8 Å². The number of alkyl carbamates (subject to hydrolysis) is 1. The van der Waals surface area contributed by atoms with Crippen molar-refractivity contribution in [3.63, 3.8) is 0 Å². The molecule has 19 heteroatoms. The lowest BCUT2D eigenvalue weighted by Crippen LogP contribution is -2.47. The molecular formula is C30H28ClF6N9O3. The molecule has 1 aliphatic carbocycles. The van der Waals surface area contributed by atoms with E-state index in [0.717, 1.165) is 22.1 Å². The Balaban J connectivity index is 1.54. The summed E-state index contributed by atoms with van der Waals surface area (Å²) in [6.07, 6.45) is -3.75. The SMILES string of the molecule is CCN=C(N)N(C(=O)c1ccc(-c2cnn(C(F)F)c2)cc1)[C@H](COC(=O)NC1(C(F)F)CC1)c1ccc(Cl)c(-n2ncnc2C(F)F)c1. The van der Waals surface area contributed by atoms with Crippen LogP contribution in [-0.4, -0.2) is 72.5 Å². The van der Waals surface area contributed by atoms with Crippen molar-refractivity contribution in [3.8, 4) is 16.8 Å². The Bertz CT molecular complexity index is 1830. The second-order valence-electron chi connectivity index (χ2n) is 10.8. The molecule has 12 nitrogen and oxygen atoms in total. The molecule has 1 aliphatic rings. The number of benzene rings is 2. The monoisotopic (exact) mass is 711 g/mol. The summed E-state index contributed by atoms with van der Waals surface area (Å²) >= 11 is 6.36. The van der Waals surface area contributed by atoms with E-state index in [1.54, 1.807) is 6.92 Å². The van der Waals surface area contributed by atoms with Crippen molar-refractivity contribution in [1.29, 1.82) is 0 Å². The van der Waals surface area contributed by atoms with Crippen LogP contribution in [0.2, 0.25) is 5.02 Å². The molecular weight excluding hydrogens is 684 g/mol. The summed E-state index contributed by atoms with van der Waals surface area (Å²) in [7, 11) is 0. The topological polar surface area (TPSA) is 146 Å². The summed E-state index contributed by atoms with van der Waals surface area (Å²) in [6, 6.07) is 8.49. The van der Waals surface area contributed by atoms with Gasteiger partial charge < -0.3 is 15.8 Å². The van der Waals surface area contributed by atoms with Crippen molar-refractivity contribution in [2.45, 2.75) is 50.7 Å². The van der Waals surface area contributed by atoms with Gasteiger partial charge in [0, 0.05) is 23.9 Å². The number of carbonyl (C=O) groups is 2. The Morgan fingerprint density at radius 1 is 1.08 bits per heavy atom. The smallest absolute Gasteiger partial charge is 0.407 e. The maximum atomic E-state index is 14.2. The van der Waals surface area contributed by atoms with Crippen LogP contribution in [-0.2, 0) is 4.74 Å². The molecule has 5 rings (SSSR count). The third kappa shape index (κ3) is 7.63. The third-order valence-electron chi connectivity index (χ3n) is 7.65. The van der Waals surface area contributed by atoms with E-state index in [1.807, 2.05) is 0 Å². The fraction of sp³-hybridized carbons (Fsp3) is 0.333. The number of nitrogens with two attached hydrogens (primary N) is 1. The molecule has 2 heterocycles. The molecule has 2 amide bonds. The van der Waals surface area contributed by atoms with Crippen LogP contribution in [0, 0.1) is 0 Å². The van der Waals surface area contributed by atoms with Gasteiger partial charge in [-0.15, -0.1) is 0 Å². The molecule has 0 saturated heterocycles. The number of aliphatic imine (C=N–C) groups is 1. The number of alkyl halides is 6. The predicted molar refractivity (Wildman–Crippen MR) is 164 cm³/mol. The van der Waals surface area contributed by atoms with Crippen LogP contribution in [0.15, 0.2) is 66.2 Å². The van der Waals surface area contributed by atoms with Crippen LogP contribution in [0.5, 0.6) is 0 Å². The average molecular weight is 712 g/mol. The first-order valence-corrected chi connectivity index (χ1v) is 15.0. The largest absolute Gasteiger partial charge is 0.447 e. The van der Waals surface area contributed by atoms with Crippen LogP contribution in [0.3, 0.4) is 0 Å². The lowest BCUT2D eigenvalue weighted by atomic mass is 10.0. The van der Waals surface area contributed by atoms with Crippen LogP contribution in [0.25, 0.3) is 16.8 Å². The van der Waals surface area contributed by atoms with Crippen LogP contribution in [0.4, 0.5) is 31.1 Å². The van der Waals surface area contributed by atoms with Crippen molar-refractivity contribution >= 4 is 29.6 Å². The summed E-state index contributed by atoms with van der Waals surface area (Å²) in [4.78, 5) is 35.6. The first-order chi connectivity index (χ1) is 23.3.